The summed E-state index contributed by atoms with van der Waals surface area (Å²) < 4.78 is 2.21. The molecule has 8 nitrogen and oxygen atoms in total. The van der Waals surface area contributed by atoms with Crippen molar-refractivity contribution in [3.63, 3.8) is 0 Å². The third-order valence-electron chi connectivity index (χ3n) is 8.03. The molecule has 1 aliphatic carbocycles. The summed E-state index contributed by atoms with van der Waals surface area (Å²) in [5, 5.41) is 11.7. The van der Waals surface area contributed by atoms with Gasteiger partial charge in [-0.25, -0.2) is 4.99 Å². The number of aromatic nitrogens is 1. The normalized spacial score (nSPS) is 17.3. The molecule has 1 aliphatic heterocycles. The highest BCUT2D eigenvalue weighted by Crippen LogP contribution is 2.41. The minimum Gasteiger partial charge on any atom is -0.378 e. The zero-order valence-corrected chi connectivity index (χ0v) is 25.5. The van der Waals surface area contributed by atoms with Crippen LogP contribution in [0.5, 0.6) is 0 Å². The van der Waals surface area contributed by atoms with Gasteiger partial charge in [-0.15, -0.1) is 0 Å². The molecule has 0 saturated heterocycles. The average molecular weight is 592 g/mol. The Morgan fingerprint density at radius 3 is 2.21 bits per heavy atom. The highest BCUT2D eigenvalue weighted by Gasteiger charge is 2.32. The van der Waals surface area contributed by atoms with Crippen molar-refractivity contribution in [2.24, 2.45) is 4.99 Å². The molecule has 0 bridgehead atoms. The highest BCUT2D eigenvalue weighted by atomic mass is 32.1. The maximum absolute atomic E-state index is 14.1. The second-order valence-corrected chi connectivity index (χ2v) is 12.3. The Bertz CT molecular complexity index is 1950. The predicted molar refractivity (Wildman–Crippen MR) is 175 cm³/mol. The van der Waals surface area contributed by atoms with Gasteiger partial charge in [-0.1, -0.05) is 47.7 Å². The van der Waals surface area contributed by atoms with E-state index in [0.717, 1.165) is 58.6 Å². The zero-order valence-electron chi connectivity index (χ0n) is 24.7. The number of hydrogen-bond donors (Lipinski definition) is 0. The first-order valence-electron chi connectivity index (χ1n) is 14.2. The summed E-state index contributed by atoms with van der Waals surface area (Å²) in [5.41, 5.74) is 7.75. The van der Waals surface area contributed by atoms with E-state index in [-0.39, 0.29) is 17.3 Å². The minimum atomic E-state index is -0.418. The number of nitro groups is 1. The first-order chi connectivity index (χ1) is 20.7. The van der Waals surface area contributed by atoms with Crippen LogP contribution in [-0.4, -0.2) is 37.7 Å². The molecule has 43 heavy (non-hydrogen) atoms. The molecule has 2 heterocycles. The maximum atomic E-state index is 14.1. The van der Waals surface area contributed by atoms with E-state index in [1.165, 1.54) is 17.4 Å². The van der Waals surface area contributed by atoms with Gasteiger partial charge in [-0.2, -0.15) is 0 Å². The molecule has 218 valence electrons. The first kappa shape index (κ1) is 28.4. The fourth-order valence-electron chi connectivity index (χ4n) is 5.80. The van der Waals surface area contributed by atoms with Gasteiger partial charge in [-0.05, 0) is 84.0 Å². The number of fused-ring (bicyclic) bond motifs is 1. The molecule has 0 spiro atoms. The third-order valence-corrected chi connectivity index (χ3v) is 9.01. The van der Waals surface area contributed by atoms with Gasteiger partial charge in [0.05, 0.1) is 26.8 Å². The molecule has 2 aliphatic rings. The minimum absolute atomic E-state index is 0.0334. The van der Waals surface area contributed by atoms with E-state index in [4.69, 9.17) is 4.99 Å². The second kappa shape index (κ2) is 11.5. The Labute approximate surface area is 254 Å². The van der Waals surface area contributed by atoms with Crippen LogP contribution < -0.4 is 24.7 Å². The molecule has 3 aromatic carbocycles. The fourth-order valence-corrected chi connectivity index (χ4v) is 6.79. The van der Waals surface area contributed by atoms with E-state index in [9.17, 15) is 14.9 Å². The topological polar surface area (TPSA) is 84.0 Å². The SMILES string of the molecule is CN(C)c1ccc(/C=C2\CCCC3=C2N=c2s/c(=C/c4ccccc4[N+](=O)[O-])c(=O)n2[C@H]3c2ccc(N(C)C)cc2)cc1. The Morgan fingerprint density at radius 2 is 1.56 bits per heavy atom. The number of hydrogen-bond acceptors (Lipinski definition) is 7. The molecule has 6 rings (SSSR count). The average Bonchev–Trinajstić information content (AvgIpc) is 3.31. The molecule has 9 heteroatoms. The largest absolute Gasteiger partial charge is 0.378 e. The van der Waals surface area contributed by atoms with Crippen LogP contribution in [0.25, 0.3) is 12.2 Å². The van der Waals surface area contributed by atoms with E-state index in [0.29, 0.717) is 14.9 Å². The van der Waals surface area contributed by atoms with Gasteiger partial charge in [0.15, 0.2) is 4.80 Å². The summed E-state index contributed by atoms with van der Waals surface area (Å²) in [4.78, 5) is 35.2. The number of para-hydroxylation sites is 1. The Hall–Kier alpha value is -4.76. The molecule has 0 N–H and O–H groups in total. The molecule has 1 aromatic heterocycles. The van der Waals surface area contributed by atoms with E-state index in [2.05, 4.69) is 64.4 Å². The van der Waals surface area contributed by atoms with Gasteiger partial charge >= 0.3 is 0 Å². The lowest BCUT2D eigenvalue weighted by molar-refractivity contribution is -0.385. The molecule has 0 saturated carbocycles. The highest BCUT2D eigenvalue weighted by molar-refractivity contribution is 7.07. The van der Waals surface area contributed by atoms with Gasteiger partial charge in [-0.3, -0.25) is 19.5 Å². The summed E-state index contributed by atoms with van der Waals surface area (Å²) in [6, 6.07) is 23.0. The van der Waals surface area contributed by atoms with Crippen molar-refractivity contribution in [1.82, 2.24) is 4.57 Å². The lowest BCUT2D eigenvalue weighted by Gasteiger charge is -2.31. The van der Waals surface area contributed by atoms with Gasteiger partial charge < -0.3 is 9.80 Å². The van der Waals surface area contributed by atoms with E-state index >= 15 is 0 Å². The smallest absolute Gasteiger partial charge is 0.276 e. The van der Waals surface area contributed by atoms with Crippen LogP contribution in [0, 0.1) is 10.1 Å². The third kappa shape index (κ3) is 5.44. The summed E-state index contributed by atoms with van der Waals surface area (Å²) in [7, 11) is 8.07. The lowest BCUT2D eigenvalue weighted by atomic mass is 9.83. The van der Waals surface area contributed by atoms with Crippen LogP contribution in [0.4, 0.5) is 17.1 Å². The van der Waals surface area contributed by atoms with Gasteiger partial charge in [0.1, 0.15) is 0 Å². The zero-order chi connectivity index (χ0) is 30.2. The van der Waals surface area contributed by atoms with Crippen LogP contribution in [0.15, 0.2) is 99.4 Å². The number of benzene rings is 3. The van der Waals surface area contributed by atoms with Gasteiger partial charge in [0.2, 0.25) is 0 Å². The van der Waals surface area contributed by atoms with Crippen molar-refractivity contribution in [1.29, 1.82) is 0 Å². The standard InChI is InChI=1S/C34H33N5O3S/c1-36(2)26-16-12-22(13-17-26)20-25-9-7-10-28-31(25)35-34-38(32(28)23-14-18-27(19-15-23)37(3)4)33(40)30(43-34)21-24-8-5-6-11-29(24)39(41)42/h5-6,8,11-21,32H,7,9-10H2,1-4H3/b25-20+,30-21+/t32-/m0/s1. The van der Waals surface area contributed by atoms with E-state index in [1.54, 1.807) is 28.8 Å². The van der Waals surface area contributed by atoms with Gasteiger partial charge in [0, 0.05) is 45.6 Å². The van der Waals surface area contributed by atoms with Crippen LogP contribution in [-0.2, 0) is 0 Å². The summed E-state index contributed by atoms with van der Waals surface area (Å²) in [6.45, 7) is 0. The Kier molecular flexibility index (Phi) is 7.58. The Balaban J connectivity index is 1.55. The Morgan fingerprint density at radius 1 is 0.907 bits per heavy atom. The molecule has 0 unspecified atom stereocenters. The number of nitro benzene ring substituents is 1. The van der Waals surface area contributed by atoms with Crippen LogP contribution in [0.2, 0.25) is 0 Å². The van der Waals surface area contributed by atoms with Gasteiger partial charge in [0.25, 0.3) is 11.2 Å². The number of anilines is 2. The van der Waals surface area contributed by atoms with Crippen molar-refractivity contribution < 1.29 is 4.92 Å². The second-order valence-electron chi connectivity index (χ2n) is 11.3. The fraction of sp³-hybridized carbons (Fsp3) is 0.235. The van der Waals surface area contributed by atoms with E-state index < -0.39 is 4.92 Å². The molecule has 0 amide bonds. The van der Waals surface area contributed by atoms with Crippen LogP contribution in [0.1, 0.15) is 42.0 Å². The van der Waals surface area contributed by atoms with Crippen molar-refractivity contribution >= 4 is 40.6 Å². The number of allylic oxidation sites excluding steroid dienone is 2. The van der Waals surface area contributed by atoms with Crippen LogP contribution >= 0.6 is 11.3 Å². The van der Waals surface area contributed by atoms with E-state index in [1.807, 2.05) is 28.2 Å². The van der Waals surface area contributed by atoms with Crippen molar-refractivity contribution in [2.45, 2.75) is 25.3 Å². The first-order valence-corrected chi connectivity index (χ1v) is 15.1. The van der Waals surface area contributed by atoms with Crippen molar-refractivity contribution in [2.75, 3.05) is 38.0 Å². The molecule has 4 aromatic rings. The summed E-state index contributed by atoms with van der Waals surface area (Å²) >= 11 is 1.28. The quantitative estimate of drug-likeness (QED) is 0.218. The summed E-state index contributed by atoms with van der Waals surface area (Å²) in [6.07, 6.45) is 6.53. The number of thiazole rings is 1. The molecular weight excluding hydrogens is 558 g/mol. The molecule has 0 fully saturated rings. The summed E-state index contributed by atoms with van der Waals surface area (Å²) in [5.74, 6) is 0. The lowest BCUT2D eigenvalue weighted by Crippen LogP contribution is -2.39. The number of nitrogens with zero attached hydrogens (tertiary/aromatic N) is 5. The van der Waals surface area contributed by atoms with Crippen LogP contribution in [0.3, 0.4) is 0 Å². The van der Waals surface area contributed by atoms with Crippen molar-refractivity contribution in [3.05, 3.63) is 136 Å². The molecular formula is C34H33N5O3S. The number of rotatable bonds is 6. The predicted octanol–water partition coefficient (Wildman–Crippen LogP) is 5.52. The monoisotopic (exact) mass is 591 g/mol. The van der Waals surface area contributed by atoms with Crippen molar-refractivity contribution in [3.8, 4) is 0 Å². The molecule has 0 radical (unpaired) electrons. The molecule has 1 atom stereocenters. The maximum Gasteiger partial charge on any atom is 0.276 e.